The molecule has 0 spiro atoms. The van der Waals surface area contributed by atoms with Crippen LogP contribution in [0.4, 0.5) is 5.69 Å². The highest BCUT2D eigenvalue weighted by molar-refractivity contribution is 14.1. The van der Waals surface area contributed by atoms with Crippen molar-refractivity contribution in [3.8, 4) is 0 Å². The molecule has 1 aromatic rings. The summed E-state index contributed by atoms with van der Waals surface area (Å²) < 4.78 is 6.42. The standard InChI is InChI=1S/C19H25IN2O3/c1-5-6-9-21-15-10-13-7-8-14(20)11-16(13)22(18(15)24)12-17(23)25-19(2,3)4/h5,7-8,11,15,21H,1,6,9-10,12H2,2-4H3/t15-/m0/s1. The number of rotatable bonds is 6. The van der Waals surface area contributed by atoms with Crippen molar-refractivity contribution < 1.29 is 14.3 Å². The number of hydrogen-bond acceptors (Lipinski definition) is 4. The second kappa shape index (κ2) is 8.31. The summed E-state index contributed by atoms with van der Waals surface area (Å²) >= 11 is 2.21. The molecule has 1 amide bonds. The highest BCUT2D eigenvalue weighted by Crippen LogP contribution is 2.30. The molecule has 136 valence electrons. The Balaban J connectivity index is 2.24. The van der Waals surface area contributed by atoms with Gasteiger partial charge in [-0.3, -0.25) is 14.5 Å². The molecule has 5 nitrogen and oxygen atoms in total. The second-order valence-corrected chi connectivity index (χ2v) is 8.32. The van der Waals surface area contributed by atoms with Gasteiger partial charge in [0.15, 0.2) is 0 Å². The van der Waals surface area contributed by atoms with Gasteiger partial charge in [0.25, 0.3) is 0 Å². The average molecular weight is 456 g/mol. The fraction of sp³-hybridized carbons (Fsp3) is 0.474. The third-order valence-electron chi connectivity index (χ3n) is 3.77. The van der Waals surface area contributed by atoms with Crippen LogP contribution in [0.5, 0.6) is 0 Å². The topological polar surface area (TPSA) is 58.6 Å². The molecule has 0 radical (unpaired) electrons. The van der Waals surface area contributed by atoms with Gasteiger partial charge in [0.05, 0.1) is 6.04 Å². The van der Waals surface area contributed by atoms with E-state index in [9.17, 15) is 9.59 Å². The van der Waals surface area contributed by atoms with Crippen LogP contribution >= 0.6 is 22.6 Å². The van der Waals surface area contributed by atoms with Crippen molar-refractivity contribution in [1.82, 2.24) is 5.32 Å². The Hall–Kier alpha value is -1.41. The molecule has 0 unspecified atom stereocenters. The van der Waals surface area contributed by atoms with Gasteiger partial charge in [-0.15, -0.1) is 6.58 Å². The van der Waals surface area contributed by atoms with E-state index in [2.05, 4.69) is 34.5 Å². The Morgan fingerprint density at radius 2 is 2.20 bits per heavy atom. The van der Waals surface area contributed by atoms with E-state index >= 15 is 0 Å². The van der Waals surface area contributed by atoms with Crippen LogP contribution in [0.1, 0.15) is 32.8 Å². The van der Waals surface area contributed by atoms with Crippen molar-refractivity contribution in [3.05, 3.63) is 40.0 Å². The van der Waals surface area contributed by atoms with Crippen LogP contribution in [0.2, 0.25) is 0 Å². The van der Waals surface area contributed by atoms with E-state index in [-0.39, 0.29) is 18.5 Å². The molecule has 1 aliphatic heterocycles. The summed E-state index contributed by atoms with van der Waals surface area (Å²) in [7, 11) is 0. The Bertz CT molecular complexity index is 667. The molecule has 6 heteroatoms. The first-order valence-corrected chi connectivity index (χ1v) is 9.45. The summed E-state index contributed by atoms with van der Waals surface area (Å²) in [4.78, 5) is 26.7. The van der Waals surface area contributed by atoms with Crippen LogP contribution in [0.25, 0.3) is 0 Å². The number of nitrogens with one attached hydrogen (secondary N) is 1. The number of carbonyl (C=O) groups is 2. The van der Waals surface area contributed by atoms with Crippen LogP contribution in [0.15, 0.2) is 30.9 Å². The Morgan fingerprint density at radius 1 is 1.48 bits per heavy atom. The molecule has 1 atom stereocenters. The van der Waals surface area contributed by atoms with Gasteiger partial charge in [0, 0.05) is 9.26 Å². The van der Waals surface area contributed by atoms with Crippen LogP contribution < -0.4 is 10.2 Å². The number of esters is 1. The molecule has 2 rings (SSSR count). The molecular formula is C19H25IN2O3. The zero-order chi connectivity index (χ0) is 18.6. The number of benzene rings is 1. The first-order chi connectivity index (χ1) is 11.7. The fourth-order valence-corrected chi connectivity index (χ4v) is 3.23. The normalized spacial score (nSPS) is 17.2. The van der Waals surface area contributed by atoms with Crippen LogP contribution in [0.3, 0.4) is 0 Å². The number of ether oxygens (including phenoxy) is 1. The number of carbonyl (C=O) groups excluding carboxylic acids is 2. The maximum Gasteiger partial charge on any atom is 0.326 e. The van der Waals surface area contributed by atoms with Gasteiger partial charge in [-0.1, -0.05) is 12.1 Å². The first-order valence-electron chi connectivity index (χ1n) is 8.37. The predicted molar refractivity (Wildman–Crippen MR) is 108 cm³/mol. The smallest absolute Gasteiger partial charge is 0.326 e. The van der Waals surface area contributed by atoms with Crippen molar-refractivity contribution in [3.63, 3.8) is 0 Å². The summed E-state index contributed by atoms with van der Waals surface area (Å²) in [6.45, 7) is 9.76. The molecule has 1 aromatic carbocycles. The number of halogens is 1. The highest BCUT2D eigenvalue weighted by Gasteiger charge is 2.34. The average Bonchev–Trinajstić information content (AvgIpc) is 2.50. The molecule has 1 N–H and O–H groups in total. The zero-order valence-electron chi connectivity index (χ0n) is 15.0. The van der Waals surface area contributed by atoms with E-state index in [0.717, 1.165) is 21.2 Å². The Labute approximate surface area is 162 Å². The van der Waals surface area contributed by atoms with Crippen LogP contribution in [0, 0.1) is 3.57 Å². The highest BCUT2D eigenvalue weighted by atomic mass is 127. The lowest BCUT2D eigenvalue weighted by Crippen LogP contribution is -2.53. The van der Waals surface area contributed by atoms with Gasteiger partial charge >= 0.3 is 5.97 Å². The Kier molecular flexibility index (Phi) is 6.62. The van der Waals surface area contributed by atoms with Crippen LogP contribution in [-0.4, -0.2) is 36.6 Å². The van der Waals surface area contributed by atoms with Crippen molar-refractivity contribution in [2.24, 2.45) is 0 Å². The molecule has 0 saturated carbocycles. The summed E-state index contributed by atoms with van der Waals surface area (Å²) in [6, 6.07) is 5.64. The number of anilines is 1. The number of nitrogens with zero attached hydrogens (tertiary/aromatic N) is 1. The van der Waals surface area contributed by atoms with E-state index in [1.165, 1.54) is 0 Å². The lowest BCUT2D eigenvalue weighted by atomic mass is 9.97. The van der Waals surface area contributed by atoms with E-state index in [4.69, 9.17) is 4.74 Å². The summed E-state index contributed by atoms with van der Waals surface area (Å²) in [6.07, 6.45) is 3.22. The van der Waals surface area contributed by atoms with E-state index in [0.29, 0.717) is 13.0 Å². The van der Waals surface area contributed by atoms with Crippen LogP contribution in [-0.2, 0) is 20.7 Å². The molecule has 0 fully saturated rings. The summed E-state index contributed by atoms with van der Waals surface area (Å²) in [5.74, 6) is -0.498. The molecule has 1 aliphatic rings. The number of fused-ring (bicyclic) bond motifs is 1. The van der Waals surface area contributed by atoms with Gasteiger partial charge in [-0.2, -0.15) is 0 Å². The molecule has 0 bridgehead atoms. The lowest BCUT2D eigenvalue weighted by molar-refractivity contribution is -0.153. The molecule has 1 heterocycles. The van der Waals surface area contributed by atoms with E-state index in [1.54, 1.807) is 4.90 Å². The molecule has 0 aromatic heterocycles. The van der Waals surface area contributed by atoms with E-state index in [1.807, 2.05) is 45.0 Å². The monoisotopic (exact) mass is 456 g/mol. The Morgan fingerprint density at radius 3 is 2.84 bits per heavy atom. The largest absolute Gasteiger partial charge is 0.459 e. The minimum atomic E-state index is -0.578. The minimum Gasteiger partial charge on any atom is -0.459 e. The maximum absolute atomic E-state index is 12.9. The maximum atomic E-state index is 12.9. The molecule has 25 heavy (non-hydrogen) atoms. The quantitative estimate of drug-likeness (QED) is 0.310. The van der Waals surface area contributed by atoms with Gasteiger partial charge in [-0.25, -0.2) is 0 Å². The lowest BCUT2D eigenvalue weighted by Gasteiger charge is -2.34. The van der Waals surface area contributed by atoms with Gasteiger partial charge < -0.3 is 10.1 Å². The van der Waals surface area contributed by atoms with Crippen molar-refractivity contribution in [1.29, 1.82) is 0 Å². The predicted octanol–water partition coefficient (Wildman–Crippen LogP) is 3.06. The van der Waals surface area contributed by atoms with Crippen molar-refractivity contribution in [2.75, 3.05) is 18.0 Å². The van der Waals surface area contributed by atoms with Gasteiger partial charge in [0.1, 0.15) is 12.1 Å². The third kappa shape index (κ3) is 5.54. The second-order valence-electron chi connectivity index (χ2n) is 7.07. The van der Waals surface area contributed by atoms with Gasteiger partial charge in [0.2, 0.25) is 5.91 Å². The zero-order valence-corrected chi connectivity index (χ0v) is 17.1. The SMILES string of the molecule is C=CCCN[C@H]1Cc2ccc(I)cc2N(CC(=O)OC(C)(C)C)C1=O. The van der Waals surface area contributed by atoms with Gasteiger partial charge in [-0.05, 0) is 80.4 Å². The third-order valence-corrected chi connectivity index (χ3v) is 4.44. The number of amides is 1. The molecule has 0 aliphatic carbocycles. The molecule has 0 saturated heterocycles. The molecular weight excluding hydrogens is 431 g/mol. The summed E-state index contributed by atoms with van der Waals surface area (Å²) in [5.41, 5.74) is 1.27. The summed E-state index contributed by atoms with van der Waals surface area (Å²) in [5, 5.41) is 3.26. The van der Waals surface area contributed by atoms with Crippen molar-refractivity contribution >= 4 is 40.2 Å². The minimum absolute atomic E-state index is 0.0805. The number of hydrogen-bond donors (Lipinski definition) is 1. The first kappa shape index (κ1) is 19.9. The van der Waals surface area contributed by atoms with Crippen molar-refractivity contribution in [2.45, 2.75) is 45.3 Å². The van der Waals surface area contributed by atoms with E-state index < -0.39 is 11.6 Å². The fourth-order valence-electron chi connectivity index (χ4n) is 2.76.